The van der Waals surface area contributed by atoms with Crippen LogP contribution in [0.5, 0.6) is 0 Å². The molecule has 1 rings (SSSR count). The van der Waals surface area contributed by atoms with Gasteiger partial charge in [-0.3, -0.25) is 0 Å². The summed E-state index contributed by atoms with van der Waals surface area (Å²) >= 11 is 4.56. The molecule has 0 saturated heterocycles. The molecule has 0 aliphatic heterocycles. The van der Waals surface area contributed by atoms with Crippen LogP contribution in [0.3, 0.4) is 0 Å². The lowest BCUT2D eigenvalue weighted by Crippen LogP contribution is -2.04. The Balaban J connectivity index is 2.58. The minimum Gasteiger partial charge on any atom is -0.223 e. The minimum absolute atomic E-state index is 0.263. The Morgan fingerprint density at radius 1 is 1.38 bits per heavy atom. The molecule has 0 spiro atoms. The molecule has 74 valence electrons. The monoisotopic (exact) mass is 282 g/mol. The number of hydrogen-bond acceptors (Lipinski definition) is 3. The SMILES string of the molecule is O=S(=O)(CCCCBr)c1cccs1. The van der Waals surface area contributed by atoms with Gasteiger partial charge in [-0.05, 0) is 24.3 Å². The molecule has 13 heavy (non-hydrogen) atoms. The largest absolute Gasteiger partial charge is 0.223 e. The van der Waals surface area contributed by atoms with E-state index >= 15 is 0 Å². The quantitative estimate of drug-likeness (QED) is 0.615. The van der Waals surface area contributed by atoms with Crippen LogP contribution in [0.4, 0.5) is 0 Å². The summed E-state index contributed by atoms with van der Waals surface area (Å²) in [5.41, 5.74) is 0. The van der Waals surface area contributed by atoms with Gasteiger partial charge in [0.2, 0.25) is 0 Å². The molecular weight excluding hydrogens is 272 g/mol. The smallest absolute Gasteiger partial charge is 0.187 e. The summed E-state index contributed by atoms with van der Waals surface area (Å²) < 4.78 is 23.6. The first kappa shape index (κ1) is 11.2. The van der Waals surface area contributed by atoms with Gasteiger partial charge in [0, 0.05) is 5.33 Å². The van der Waals surface area contributed by atoms with Crippen LogP contribution < -0.4 is 0 Å². The molecular formula is C8H11BrO2S2. The number of hydrogen-bond donors (Lipinski definition) is 0. The molecule has 0 radical (unpaired) electrons. The standard InChI is InChI=1S/C8H11BrO2S2/c9-5-1-2-7-13(10,11)8-4-3-6-12-8/h3-4,6H,1-2,5,7H2. The number of unbranched alkanes of at least 4 members (excludes halogenated alkanes) is 1. The highest BCUT2D eigenvalue weighted by molar-refractivity contribution is 9.09. The Morgan fingerprint density at radius 2 is 2.15 bits per heavy atom. The van der Waals surface area contributed by atoms with Gasteiger partial charge < -0.3 is 0 Å². The van der Waals surface area contributed by atoms with E-state index in [4.69, 9.17) is 0 Å². The summed E-state index contributed by atoms with van der Waals surface area (Å²) in [4.78, 5) is 0. The maximum absolute atomic E-state index is 11.6. The van der Waals surface area contributed by atoms with Crippen LogP contribution in [0.2, 0.25) is 0 Å². The summed E-state index contributed by atoms with van der Waals surface area (Å²) in [6.45, 7) is 0. The lowest BCUT2D eigenvalue weighted by Gasteiger charge is -1.99. The number of thiophene rings is 1. The van der Waals surface area contributed by atoms with Gasteiger partial charge in [-0.25, -0.2) is 8.42 Å². The van der Waals surface area contributed by atoms with E-state index in [9.17, 15) is 8.42 Å². The van der Waals surface area contributed by atoms with E-state index in [2.05, 4.69) is 15.9 Å². The van der Waals surface area contributed by atoms with Crippen molar-refractivity contribution in [2.24, 2.45) is 0 Å². The normalized spacial score (nSPS) is 11.8. The molecule has 0 aromatic carbocycles. The van der Waals surface area contributed by atoms with Gasteiger partial charge in [0.25, 0.3) is 0 Å². The molecule has 0 aliphatic rings. The molecule has 1 heterocycles. The van der Waals surface area contributed by atoms with Crippen LogP contribution in [-0.2, 0) is 9.84 Å². The molecule has 5 heteroatoms. The van der Waals surface area contributed by atoms with E-state index in [1.807, 2.05) is 0 Å². The highest BCUT2D eigenvalue weighted by atomic mass is 79.9. The second kappa shape index (κ2) is 5.12. The second-order valence-electron chi connectivity index (χ2n) is 2.65. The summed E-state index contributed by atoms with van der Waals surface area (Å²) in [6, 6.07) is 3.43. The zero-order valence-corrected chi connectivity index (χ0v) is 10.3. The Labute approximate surface area is 91.0 Å². The first-order chi connectivity index (χ1) is 6.17. The summed E-state index contributed by atoms with van der Waals surface area (Å²) in [5.74, 6) is 0.263. The average molecular weight is 283 g/mol. The van der Waals surface area contributed by atoms with Gasteiger partial charge in [-0.15, -0.1) is 11.3 Å². The topological polar surface area (TPSA) is 34.1 Å². The number of rotatable bonds is 5. The summed E-state index contributed by atoms with van der Waals surface area (Å²) in [6.07, 6.45) is 1.64. The molecule has 0 atom stereocenters. The van der Waals surface area contributed by atoms with E-state index in [1.165, 1.54) is 11.3 Å². The van der Waals surface area contributed by atoms with Crippen molar-refractivity contribution < 1.29 is 8.42 Å². The molecule has 0 aliphatic carbocycles. The van der Waals surface area contributed by atoms with Gasteiger partial charge in [0.1, 0.15) is 4.21 Å². The molecule has 0 unspecified atom stereocenters. The van der Waals surface area contributed by atoms with Gasteiger partial charge in [0.05, 0.1) is 5.75 Å². The predicted molar refractivity (Wildman–Crippen MR) is 59.4 cm³/mol. The van der Waals surface area contributed by atoms with Crippen molar-refractivity contribution in [2.75, 3.05) is 11.1 Å². The zero-order chi connectivity index (χ0) is 9.73. The average Bonchev–Trinajstić information content (AvgIpc) is 2.56. The molecule has 0 bridgehead atoms. The molecule has 0 saturated carbocycles. The fraction of sp³-hybridized carbons (Fsp3) is 0.500. The van der Waals surface area contributed by atoms with E-state index in [-0.39, 0.29) is 5.75 Å². The van der Waals surface area contributed by atoms with Crippen molar-refractivity contribution >= 4 is 37.1 Å². The Kier molecular flexibility index (Phi) is 4.41. The molecule has 1 aromatic heterocycles. The van der Waals surface area contributed by atoms with E-state index in [0.717, 1.165) is 18.2 Å². The highest BCUT2D eigenvalue weighted by Crippen LogP contribution is 2.18. The van der Waals surface area contributed by atoms with Gasteiger partial charge in [-0.2, -0.15) is 0 Å². The third kappa shape index (κ3) is 3.40. The van der Waals surface area contributed by atoms with Gasteiger partial charge >= 0.3 is 0 Å². The Bertz CT molecular complexity index is 329. The summed E-state index contributed by atoms with van der Waals surface area (Å²) in [7, 11) is -2.99. The third-order valence-electron chi connectivity index (χ3n) is 1.60. The maximum atomic E-state index is 11.6. The van der Waals surface area contributed by atoms with E-state index in [0.29, 0.717) is 4.21 Å². The van der Waals surface area contributed by atoms with Crippen LogP contribution >= 0.6 is 27.3 Å². The molecule has 0 amide bonds. The van der Waals surface area contributed by atoms with Crippen LogP contribution in [-0.4, -0.2) is 19.5 Å². The fourth-order valence-corrected chi connectivity index (χ4v) is 3.85. The van der Waals surface area contributed by atoms with Gasteiger partial charge in [-0.1, -0.05) is 22.0 Å². The van der Waals surface area contributed by atoms with Crippen molar-refractivity contribution in [3.63, 3.8) is 0 Å². The molecule has 1 aromatic rings. The first-order valence-electron chi connectivity index (χ1n) is 3.99. The van der Waals surface area contributed by atoms with Crippen LogP contribution in [0, 0.1) is 0 Å². The molecule has 0 N–H and O–H groups in total. The predicted octanol–water partition coefficient (Wildman–Crippen LogP) is 2.70. The van der Waals surface area contributed by atoms with Crippen molar-refractivity contribution in [1.29, 1.82) is 0 Å². The van der Waals surface area contributed by atoms with E-state index < -0.39 is 9.84 Å². The Hall–Kier alpha value is 0.130. The van der Waals surface area contributed by atoms with Gasteiger partial charge in [0.15, 0.2) is 9.84 Å². The lowest BCUT2D eigenvalue weighted by atomic mass is 10.4. The first-order valence-corrected chi connectivity index (χ1v) is 7.64. The van der Waals surface area contributed by atoms with E-state index in [1.54, 1.807) is 17.5 Å². The van der Waals surface area contributed by atoms with Crippen LogP contribution in [0.15, 0.2) is 21.7 Å². The lowest BCUT2D eigenvalue weighted by molar-refractivity contribution is 0.595. The fourth-order valence-electron chi connectivity index (χ4n) is 0.928. The third-order valence-corrected chi connectivity index (χ3v) is 5.45. The molecule has 0 fully saturated rings. The van der Waals surface area contributed by atoms with Crippen LogP contribution in [0.25, 0.3) is 0 Å². The van der Waals surface area contributed by atoms with Crippen LogP contribution in [0.1, 0.15) is 12.8 Å². The number of halogens is 1. The van der Waals surface area contributed by atoms with Crippen molar-refractivity contribution in [2.45, 2.75) is 17.1 Å². The number of sulfone groups is 1. The molecule has 2 nitrogen and oxygen atoms in total. The zero-order valence-electron chi connectivity index (χ0n) is 7.07. The highest BCUT2D eigenvalue weighted by Gasteiger charge is 2.13. The van der Waals surface area contributed by atoms with Crippen molar-refractivity contribution in [1.82, 2.24) is 0 Å². The minimum atomic E-state index is -2.99. The van der Waals surface area contributed by atoms with Crippen molar-refractivity contribution in [3.8, 4) is 0 Å². The van der Waals surface area contributed by atoms with Crippen molar-refractivity contribution in [3.05, 3.63) is 17.5 Å². The summed E-state index contributed by atoms with van der Waals surface area (Å²) in [5, 5.41) is 2.66. The number of alkyl halides is 1. The Morgan fingerprint density at radius 3 is 2.69 bits per heavy atom. The maximum Gasteiger partial charge on any atom is 0.187 e. The second-order valence-corrected chi connectivity index (χ2v) is 6.72.